The van der Waals surface area contributed by atoms with Crippen LogP contribution in [0.4, 0.5) is 5.69 Å². The average molecular weight is 313 g/mol. The van der Waals surface area contributed by atoms with Crippen LogP contribution in [0.3, 0.4) is 0 Å². The van der Waals surface area contributed by atoms with Crippen molar-refractivity contribution in [3.63, 3.8) is 0 Å². The van der Waals surface area contributed by atoms with Crippen molar-refractivity contribution in [1.29, 1.82) is 0 Å². The molecule has 0 unspecified atom stereocenters. The second kappa shape index (κ2) is 6.67. The smallest absolute Gasteiger partial charge is 0.122 e. The Bertz CT molecular complexity index is 789. The van der Waals surface area contributed by atoms with Gasteiger partial charge in [0, 0.05) is 28.8 Å². The molecule has 0 bridgehead atoms. The van der Waals surface area contributed by atoms with Crippen LogP contribution in [0, 0.1) is 0 Å². The third kappa shape index (κ3) is 3.15. The zero-order chi connectivity index (χ0) is 15.4. The molecule has 2 aromatic carbocycles. The number of hydrogen-bond acceptors (Lipinski definition) is 3. The summed E-state index contributed by atoms with van der Waals surface area (Å²) in [7, 11) is 1.70. The third-order valence-electron chi connectivity index (χ3n) is 3.61. The predicted molar refractivity (Wildman–Crippen MR) is 91.9 cm³/mol. The summed E-state index contributed by atoms with van der Waals surface area (Å²) in [4.78, 5) is 4.35. The van der Waals surface area contributed by atoms with Gasteiger partial charge in [0.15, 0.2) is 0 Å². The Hall–Kier alpha value is -2.26. The number of hydrogen-bond donors (Lipinski definition) is 1. The fourth-order valence-electron chi connectivity index (χ4n) is 2.52. The van der Waals surface area contributed by atoms with E-state index in [2.05, 4.69) is 16.4 Å². The molecule has 0 radical (unpaired) electrons. The minimum atomic E-state index is 0.700. The first-order valence-electron chi connectivity index (χ1n) is 7.18. The molecule has 0 atom stereocenters. The van der Waals surface area contributed by atoms with Gasteiger partial charge >= 0.3 is 0 Å². The first-order chi connectivity index (χ1) is 10.8. The largest absolute Gasteiger partial charge is 0.496 e. The van der Waals surface area contributed by atoms with Crippen molar-refractivity contribution in [3.05, 3.63) is 65.3 Å². The van der Waals surface area contributed by atoms with Gasteiger partial charge in [0.25, 0.3) is 0 Å². The molecule has 0 aliphatic rings. The second-order valence-corrected chi connectivity index (χ2v) is 5.45. The fourth-order valence-corrected chi connectivity index (χ4v) is 2.68. The molecule has 0 aliphatic carbocycles. The van der Waals surface area contributed by atoms with Gasteiger partial charge in [-0.15, -0.1) is 0 Å². The fraction of sp³-hybridized carbons (Fsp3) is 0.167. The Morgan fingerprint density at radius 3 is 2.86 bits per heavy atom. The highest BCUT2D eigenvalue weighted by Crippen LogP contribution is 2.24. The zero-order valence-corrected chi connectivity index (χ0v) is 13.1. The van der Waals surface area contributed by atoms with Crippen molar-refractivity contribution < 1.29 is 4.74 Å². The minimum Gasteiger partial charge on any atom is -0.496 e. The molecule has 0 aliphatic heterocycles. The number of rotatable bonds is 5. The van der Waals surface area contributed by atoms with E-state index in [1.54, 1.807) is 13.3 Å². The molecular weight excluding hydrogens is 296 g/mol. The monoisotopic (exact) mass is 312 g/mol. The summed E-state index contributed by atoms with van der Waals surface area (Å²) in [6, 6.07) is 15.8. The third-order valence-corrected chi connectivity index (χ3v) is 3.84. The maximum absolute atomic E-state index is 6.01. The van der Waals surface area contributed by atoms with Gasteiger partial charge in [-0.05, 0) is 42.3 Å². The summed E-state index contributed by atoms with van der Waals surface area (Å²) in [6.45, 7) is 0.822. The Labute approximate surface area is 134 Å². The van der Waals surface area contributed by atoms with Crippen LogP contribution in [-0.2, 0) is 6.42 Å². The molecule has 0 fully saturated rings. The van der Waals surface area contributed by atoms with E-state index in [4.69, 9.17) is 16.3 Å². The van der Waals surface area contributed by atoms with E-state index >= 15 is 0 Å². The van der Waals surface area contributed by atoms with Gasteiger partial charge in [0.1, 0.15) is 5.75 Å². The number of aromatic nitrogens is 1. The number of methoxy groups -OCH3 is 1. The summed E-state index contributed by atoms with van der Waals surface area (Å²) in [5.41, 5.74) is 3.16. The molecule has 1 aromatic heterocycles. The SMILES string of the molecule is COc1ccccc1CCNc1ccnc2cc(Cl)ccc12. The number of ether oxygens (including phenoxy) is 1. The number of para-hydroxylation sites is 1. The highest BCUT2D eigenvalue weighted by molar-refractivity contribution is 6.31. The summed E-state index contributed by atoms with van der Waals surface area (Å²) in [6.07, 6.45) is 2.69. The predicted octanol–water partition coefficient (Wildman–Crippen LogP) is 4.55. The van der Waals surface area contributed by atoms with E-state index in [0.717, 1.165) is 35.3 Å². The van der Waals surface area contributed by atoms with Gasteiger partial charge in [-0.1, -0.05) is 29.8 Å². The molecular formula is C18H17ClN2O. The van der Waals surface area contributed by atoms with Gasteiger partial charge in [-0.3, -0.25) is 4.98 Å². The van der Waals surface area contributed by atoms with Gasteiger partial charge in [-0.25, -0.2) is 0 Å². The standard InChI is InChI=1S/C18H17ClN2O/c1-22-18-5-3-2-4-13(18)8-10-20-16-9-11-21-17-12-14(19)6-7-15(16)17/h2-7,9,11-12H,8,10H2,1H3,(H,20,21). The molecule has 112 valence electrons. The lowest BCUT2D eigenvalue weighted by Gasteiger charge is -2.11. The Kier molecular flexibility index (Phi) is 4.45. The summed E-state index contributed by atoms with van der Waals surface area (Å²) >= 11 is 6.01. The van der Waals surface area contributed by atoms with Crippen molar-refractivity contribution in [3.8, 4) is 5.75 Å². The Morgan fingerprint density at radius 1 is 1.14 bits per heavy atom. The lowest BCUT2D eigenvalue weighted by molar-refractivity contribution is 0.410. The first kappa shape index (κ1) is 14.7. The summed E-state index contributed by atoms with van der Waals surface area (Å²) in [5, 5.41) is 5.24. The molecule has 22 heavy (non-hydrogen) atoms. The Morgan fingerprint density at radius 2 is 2.00 bits per heavy atom. The number of benzene rings is 2. The van der Waals surface area contributed by atoms with E-state index in [1.807, 2.05) is 42.5 Å². The van der Waals surface area contributed by atoms with Crippen molar-refractivity contribution in [2.45, 2.75) is 6.42 Å². The van der Waals surface area contributed by atoms with Crippen molar-refractivity contribution >= 4 is 28.2 Å². The van der Waals surface area contributed by atoms with Crippen LogP contribution in [0.1, 0.15) is 5.56 Å². The van der Waals surface area contributed by atoms with Gasteiger partial charge in [0.05, 0.1) is 12.6 Å². The summed E-state index contributed by atoms with van der Waals surface area (Å²) in [5.74, 6) is 0.927. The Balaban J connectivity index is 1.74. The quantitative estimate of drug-likeness (QED) is 0.750. The molecule has 0 spiro atoms. The van der Waals surface area contributed by atoms with Crippen LogP contribution in [0.25, 0.3) is 10.9 Å². The maximum atomic E-state index is 6.01. The molecule has 4 heteroatoms. The topological polar surface area (TPSA) is 34.1 Å². The van der Waals surface area contributed by atoms with Crippen LogP contribution in [-0.4, -0.2) is 18.6 Å². The number of nitrogens with zero attached hydrogens (tertiary/aromatic N) is 1. The van der Waals surface area contributed by atoms with E-state index < -0.39 is 0 Å². The van der Waals surface area contributed by atoms with Crippen LogP contribution in [0.5, 0.6) is 5.75 Å². The van der Waals surface area contributed by atoms with Crippen LogP contribution >= 0.6 is 11.6 Å². The lowest BCUT2D eigenvalue weighted by atomic mass is 10.1. The van der Waals surface area contributed by atoms with Crippen molar-refractivity contribution in [2.24, 2.45) is 0 Å². The van der Waals surface area contributed by atoms with Crippen LogP contribution in [0.15, 0.2) is 54.7 Å². The molecule has 0 amide bonds. The second-order valence-electron chi connectivity index (χ2n) is 5.01. The number of anilines is 1. The van der Waals surface area contributed by atoms with Crippen molar-refractivity contribution in [2.75, 3.05) is 19.0 Å². The van der Waals surface area contributed by atoms with Gasteiger partial charge in [0.2, 0.25) is 0 Å². The van der Waals surface area contributed by atoms with Crippen molar-refractivity contribution in [1.82, 2.24) is 4.98 Å². The van der Waals surface area contributed by atoms with Crippen LogP contribution < -0.4 is 10.1 Å². The number of halogens is 1. The number of nitrogens with one attached hydrogen (secondary N) is 1. The molecule has 1 heterocycles. The summed E-state index contributed by atoms with van der Waals surface area (Å²) < 4.78 is 5.38. The normalized spacial score (nSPS) is 10.6. The molecule has 1 N–H and O–H groups in total. The number of fused-ring (bicyclic) bond motifs is 1. The van der Waals surface area contributed by atoms with E-state index in [-0.39, 0.29) is 0 Å². The van der Waals surface area contributed by atoms with Crippen LogP contribution in [0.2, 0.25) is 5.02 Å². The molecule has 3 aromatic rings. The minimum absolute atomic E-state index is 0.700. The average Bonchev–Trinajstić information content (AvgIpc) is 2.55. The van der Waals surface area contributed by atoms with E-state index in [0.29, 0.717) is 5.02 Å². The maximum Gasteiger partial charge on any atom is 0.122 e. The number of pyridine rings is 1. The zero-order valence-electron chi connectivity index (χ0n) is 12.3. The molecule has 3 rings (SSSR count). The highest BCUT2D eigenvalue weighted by Gasteiger charge is 2.04. The molecule has 0 saturated heterocycles. The van der Waals surface area contributed by atoms with Gasteiger partial charge in [-0.2, -0.15) is 0 Å². The van der Waals surface area contributed by atoms with E-state index in [9.17, 15) is 0 Å². The highest BCUT2D eigenvalue weighted by atomic mass is 35.5. The van der Waals surface area contributed by atoms with Gasteiger partial charge < -0.3 is 10.1 Å². The first-order valence-corrected chi connectivity index (χ1v) is 7.56. The van der Waals surface area contributed by atoms with E-state index in [1.165, 1.54) is 5.56 Å². The molecule has 3 nitrogen and oxygen atoms in total. The molecule has 0 saturated carbocycles. The lowest BCUT2D eigenvalue weighted by Crippen LogP contribution is -2.06.